The molecular weight excluding hydrogens is 186 g/mol. The van der Waals surface area contributed by atoms with Crippen LogP contribution in [0, 0.1) is 5.82 Å². The molecule has 0 saturated carbocycles. The van der Waals surface area contributed by atoms with Crippen molar-refractivity contribution in [1.29, 1.82) is 0 Å². The maximum Gasteiger partial charge on any atom is 1.00 e. The number of halogens is 1. The maximum atomic E-state index is 12.3. The summed E-state index contributed by atoms with van der Waals surface area (Å²) < 4.78 is 12.3. The Hall–Kier alpha value is -0.710. The summed E-state index contributed by atoms with van der Waals surface area (Å²) in [5, 5.41) is 6.89. The average Bonchev–Trinajstić information content (AvgIpc) is 2.07. The van der Waals surface area contributed by atoms with Crippen molar-refractivity contribution in [2.45, 2.75) is 0 Å². The van der Waals surface area contributed by atoms with Crippen LogP contribution in [0.1, 0.15) is 5.56 Å². The topological polar surface area (TPSA) is 54.4 Å². The van der Waals surface area contributed by atoms with Gasteiger partial charge in [-0.25, -0.2) is 0 Å². The molecule has 1 N–H and O–H groups in total. The summed E-state index contributed by atoms with van der Waals surface area (Å²) in [6, 6.07) is 5.71. The smallest absolute Gasteiger partial charge is 0.483 e. The van der Waals surface area contributed by atoms with Gasteiger partial charge in [-0.2, -0.15) is 6.07 Å². The molecule has 0 fully saturated rings. The Bertz CT molecular complexity index is 265. The molecule has 0 spiro atoms. The Morgan fingerprint density at radius 2 is 1.85 bits per heavy atom. The fourth-order valence-electron chi connectivity index (χ4n) is 0.544. The SMILES string of the molecule is O=CO.O=[C-]c1ccccc1F.[Na+]. The third-order valence-electron chi connectivity index (χ3n) is 0.984. The van der Waals surface area contributed by atoms with Gasteiger partial charge in [0.15, 0.2) is 0 Å². The molecule has 0 heterocycles. The van der Waals surface area contributed by atoms with E-state index in [0.717, 1.165) is 0 Å². The number of carbonyl (C=O) groups excluding carboxylic acids is 1. The summed E-state index contributed by atoms with van der Waals surface area (Å²) in [4.78, 5) is 18.2. The van der Waals surface area contributed by atoms with Crippen LogP contribution in [0.5, 0.6) is 0 Å². The van der Waals surface area contributed by atoms with Gasteiger partial charge in [-0.15, -0.1) is 11.6 Å². The zero-order valence-electron chi connectivity index (χ0n) is 7.03. The van der Waals surface area contributed by atoms with Gasteiger partial charge in [-0.05, 0) is 0 Å². The van der Waals surface area contributed by atoms with Crippen molar-refractivity contribution in [3.8, 4) is 0 Å². The van der Waals surface area contributed by atoms with E-state index in [0.29, 0.717) is 0 Å². The van der Waals surface area contributed by atoms with Crippen molar-refractivity contribution in [2.24, 2.45) is 0 Å². The third kappa shape index (κ3) is 6.45. The monoisotopic (exact) mass is 192 g/mol. The summed E-state index contributed by atoms with van der Waals surface area (Å²) in [5.41, 5.74) is -0.0162. The van der Waals surface area contributed by atoms with E-state index >= 15 is 0 Å². The molecule has 0 aromatic heterocycles. The summed E-state index contributed by atoms with van der Waals surface area (Å²) >= 11 is 0. The van der Waals surface area contributed by atoms with E-state index in [4.69, 9.17) is 9.90 Å². The van der Waals surface area contributed by atoms with E-state index < -0.39 is 5.82 Å². The number of carbonyl (C=O) groups is 1. The van der Waals surface area contributed by atoms with Gasteiger partial charge in [0.25, 0.3) is 6.47 Å². The van der Waals surface area contributed by atoms with Crippen LogP contribution in [-0.4, -0.2) is 17.9 Å². The molecule has 0 amide bonds. The number of hydrogen-bond acceptors (Lipinski definition) is 2. The Morgan fingerprint density at radius 1 is 1.38 bits per heavy atom. The normalized spacial score (nSPS) is 7.15. The minimum Gasteiger partial charge on any atom is -0.483 e. The predicted octanol–water partition coefficient (Wildman–Crippen LogP) is -2.01. The standard InChI is InChI=1S/C7H4FO.CH2O2.Na/c8-7-4-2-1-3-6(7)5-9;2-1-3;/h1-4H;1H,(H,2,3);/q-1;;+1. The van der Waals surface area contributed by atoms with Crippen LogP contribution in [0.4, 0.5) is 4.39 Å². The Kier molecular flexibility index (Phi) is 10.7. The quantitative estimate of drug-likeness (QED) is 0.318. The number of hydrogen-bond donors (Lipinski definition) is 1. The summed E-state index contributed by atoms with van der Waals surface area (Å²) in [6.07, 6.45) is 1.47. The molecule has 64 valence electrons. The zero-order valence-corrected chi connectivity index (χ0v) is 9.03. The van der Waals surface area contributed by atoms with Crippen molar-refractivity contribution in [3.63, 3.8) is 0 Å². The summed E-state index contributed by atoms with van der Waals surface area (Å²) in [6.45, 7) is -0.250. The van der Waals surface area contributed by atoms with Gasteiger partial charge in [-0.1, -0.05) is 12.1 Å². The van der Waals surface area contributed by atoms with E-state index in [1.54, 1.807) is 6.07 Å². The van der Waals surface area contributed by atoms with Crippen molar-refractivity contribution >= 4 is 12.8 Å². The van der Waals surface area contributed by atoms with Crippen molar-refractivity contribution in [1.82, 2.24) is 0 Å². The fraction of sp³-hybridized carbons (Fsp3) is 0. The molecule has 0 saturated heterocycles. The van der Waals surface area contributed by atoms with Crippen LogP contribution in [-0.2, 0) is 9.59 Å². The first kappa shape index (κ1) is 14.8. The van der Waals surface area contributed by atoms with Gasteiger partial charge in [0.05, 0.1) is 6.29 Å². The number of carboxylic acid groups (broad SMARTS) is 1. The second-order valence-corrected chi connectivity index (χ2v) is 1.69. The van der Waals surface area contributed by atoms with Crippen LogP contribution in [0.25, 0.3) is 0 Å². The average molecular weight is 192 g/mol. The van der Waals surface area contributed by atoms with Crippen LogP contribution in [0.15, 0.2) is 24.3 Å². The summed E-state index contributed by atoms with van der Waals surface area (Å²) in [7, 11) is 0. The van der Waals surface area contributed by atoms with Crippen molar-refractivity contribution in [3.05, 3.63) is 35.6 Å². The second kappa shape index (κ2) is 9.38. The van der Waals surface area contributed by atoms with Crippen LogP contribution in [0.3, 0.4) is 0 Å². The van der Waals surface area contributed by atoms with Crippen LogP contribution in [0.2, 0.25) is 0 Å². The minimum absolute atomic E-state index is 0. The number of rotatable bonds is 1. The van der Waals surface area contributed by atoms with E-state index in [9.17, 15) is 9.18 Å². The van der Waals surface area contributed by atoms with Gasteiger partial charge in [0.1, 0.15) is 0 Å². The second-order valence-electron chi connectivity index (χ2n) is 1.69. The molecule has 0 aliphatic heterocycles. The molecule has 0 aliphatic carbocycles. The first-order chi connectivity index (χ1) is 5.76. The first-order valence-electron chi connectivity index (χ1n) is 2.96. The predicted molar refractivity (Wildman–Crippen MR) is 39.9 cm³/mol. The molecule has 5 heteroatoms. The summed E-state index contributed by atoms with van der Waals surface area (Å²) in [5.74, 6) is -0.521. The van der Waals surface area contributed by atoms with E-state index in [1.165, 1.54) is 24.5 Å². The molecule has 1 aromatic rings. The Morgan fingerprint density at radius 3 is 2.15 bits per heavy atom. The minimum atomic E-state index is -0.521. The largest absolute Gasteiger partial charge is 1.00 e. The van der Waals surface area contributed by atoms with Gasteiger partial charge in [0.2, 0.25) is 0 Å². The maximum absolute atomic E-state index is 12.3. The molecule has 3 nitrogen and oxygen atoms in total. The van der Waals surface area contributed by atoms with E-state index in [-0.39, 0.29) is 41.6 Å². The van der Waals surface area contributed by atoms with Gasteiger partial charge in [0, 0.05) is 5.82 Å². The third-order valence-corrected chi connectivity index (χ3v) is 0.984. The number of benzene rings is 1. The van der Waals surface area contributed by atoms with Crippen LogP contribution < -0.4 is 29.6 Å². The van der Waals surface area contributed by atoms with E-state index in [2.05, 4.69) is 0 Å². The van der Waals surface area contributed by atoms with Gasteiger partial charge < -0.3 is 9.90 Å². The molecule has 13 heavy (non-hydrogen) atoms. The fourth-order valence-corrected chi connectivity index (χ4v) is 0.544. The molecular formula is C8H6FNaO3. The molecule has 0 aliphatic rings. The molecule has 0 bridgehead atoms. The van der Waals surface area contributed by atoms with Crippen LogP contribution >= 0.6 is 0 Å². The zero-order chi connectivity index (χ0) is 9.40. The molecule has 1 rings (SSSR count). The molecule has 0 atom stereocenters. The molecule has 0 radical (unpaired) electrons. The van der Waals surface area contributed by atoms with Crippen molar-refractivity contribution in [2.75, 3.05) is 0 Å². The Labute approximate surface area is 96.9 Å². The Balaban J connectivity index is 0. The van der Waals surface area contributed by atoms with Gasteiger partial charge >= 0.3 is 29.6 Å². The molecule has 1 aromatic carbocycles. The van der Waals surface area contributed by atoms with Gasteiger partial charge in [-0.3, -0.25) is 9.18 Å². The molecule has 0 unspecified atom stereocenters. The van der Waals surface area contributed by atoms with Crippen molar-refractivity contribution < 1.29 is 48.6 Å². The first-order valence-corrected chi connectivity index (χ1v) is 2.96. The van der Waals surface area contributed by atoms with E-state index in [1.807, 2.05) is 0 Å².